The number of ether oxygens (including phenoxy) is 1. The van der Waals surface area contributed by atoms with Crippen LogP contribution in [0.25, 0.3) is 0 Å². The first-order valence-electron chi connectivity index (χ1n) is 7.44. The van der Waals surface area contributed by atoms with E-state index < -0.39 is 5.97 Å². The summed E-state index contributed by atoms with van der Waals surface area (Å²) in [4.78, 5) is 18.0. The van der Waals surface area contributed by atoms with E-state index in [2.05, 4.69) is 15.2 Å². The second-order valence-corrected chi connectivity index (χ2v) is 5.78. The fourth-order valence-corrected chi connectivity index (χ4v) is 3.08. The monoisotopic (exact) mass is 291 g/mol. The average Bonchev–Trinajstić information content (AvgIpc) is 2.92. The highest BCUT2D eigenvalue weighted by atomic mass is 16.5. The fourth-order valence-electron chi connectivity index (χ4n) is 3.08. The number of nitrogens with one attached hydrogen (secondary N) is 1. The van der Waals surface area contributed by atoms with Gasteiger partial charge in [-0.05, 0) is 38.4 Å². The van der Waals surface area contributed by atoms with Crippen LogP contribution in [0.15, 0.2) is 12.1 Å². The molecule has 2 aliphatic heterocycles. The summed E-state index contributed by atoms with van der Waals surface area (Å²) in [6.45, 7) is 5.27. The normalized spacial score (nSPS) is 25.6. The molecule has 2 aliphatic rings. The van der Waals surface area contributed by atoms with Gasteiger partial charge in [0.2, 0.25) is 0 Å². The smallest absolute Gasteiger partial charge is 0.339 e. The third-order valence-corrected chi connectivity index (χ3v) is 4.22. The highest BCUT2D eigenvalue weighted by molar-refractivity contribution is 5.93. The molecule has 2 unspecified atom stereocenters. The van der Waals surface area contributed by atoms with E-state index in [0.717, 1.165) is 25.4 Å². The predicted octanol–water partition coefficient (Wildman–Crippen LogP) is 1.36. The van der Waals surface area contributed by atoms with Gasteiger partial charge in [0.1, 0.15) is 11.4 Å². The van der Waals surface area contributed by atoms with Gasteiger partial charge in [-0.2, -0.15) is 0 Å². The Kier molecular flexibility index (Phi) is 4.07. The Bertz CT molecular complexity index is 535. The molecule has 3 heterocycles. The molecule has 6 nitrogen and oxygen atoms in total. The third kappa shape index (κ3) is 3.16. The van der Waals surface area contributed by atoms with Crippen LogP contribution in [0.1, 0.15) is 28.9 Å². The molecule has 3 rings (SSSR count). The van der Waals surface area contributed by atoms with Crippen molar-refractivity contribution in [3.63, 3.8) is 0 Å². The van der Waals surface area contributed by atoms with Crippen LogP contribution in [-0.2, 0) is 4.74 Å². The largest absolute Gasteiger partial charge is 0.478 e. The molecule has 2 atom stereocenters. The summed E-state index contributed by atoms with van der Waals surface area (Å²) in [5, 5.41) is 12.3. The van der Waals surface area contributed by atoms with E-state index in [1.54, 1.807) is 12.1 Å². The maximum Gasteiger partial charge on any atom is 0.339 e. The maximum absolute atomic E-state index is 11.2. The SMILES string of the molecule is Cc1ccc(C(=O)O)c(NCC2CN3CCCC3CO2)n1. The van der Waals surface area contributed by atoms with Crippen LogP contribution in [0.2, 0.25) is 0 Å². The van der Waals surface area contributed by atoms with Crippen molar-refractivity contribution in [2.45, 2.75) is 31.9 Å². The van der Waals surface area contributed by atoms with Crippen LogP contribution in [0.4, 0.5) is 5.82 Å². The zero-order valence-corrected chi connectivity index (χ0v) is 12.2. The van der Waals surface area contributed by atoms with Crippen molar-refractivity contribution < 1.29 is 14.6 Å². The molecular formula is C15H21N3O3. The number of anilines is 1. The molecule has 0 aliphatic carbocycles. The number of aromatic nitrogens is 1. The van der Waals surface area contributed by atoms with Crippen LogP contribution >= 0.6 is 0 Å². The summed E-state index contributed by atoms with van der Waals surface area (Å²) in [6.07, 6.45) is 2.56. The molecule has 0 spiro atoms. The van der Waals surface area contributed by atoms with Crippen molar-refractivity contribution >= 4 is 11.8 Å². The summed E-state index contributed by atoms with van der Waals surface area (Å²) in [5.41, 5.74) is 1.00. The van der Waals surface area contributed by atoms with Crippen LogP contribution in [-0.4, -0.2) is 59.3 Å². The number of carboxylic acids is 1. The molecule has 114 valence electrons. The van der Waals surface area contributed by atoms with Crippen LogP contribution < -0.4 is 5.32 Å². The summed E-state index contributed by atoms with van der Waals surface area (Å²) >= 11 is 0. The van der Waals surface area contributed by atoms with Crippen LogP contribution in [0, 0.1) is 6.92 Å². The van der Waals surface area contributed by atoms with E-state index in [1.165, 1.54) is 12.8 Å². The van der Waals surface area contributed by atoms with Gasteiger partial charge in [-0.15, -0.1) is 0 Å². The van der Waals surface area contributed by atoms with E-state index in [1.807, 2.05) is 6.92 Å². The first-order valence-corrected chi connectivity index (χ1v) is 7.44. The first kappa shape index (κ1) is 14.3. The van der Waals surface area contributed by atoms with E-state index in [4.69, 9.17) is 4.74 Å². The second-order valence-electron chi connectivity index (χ2n) is 5.78. The van der Waals surface area contributed by atoms with E-state index >= 15 is 0 Å². The molecule has 2 fully saturated rings. The Labute approximate surface area is 124 Å². The summed E-state index contributed by atoms with van der Waals surface area (Å²) in [7, 11) is 0. The lowest BCUT2D eigenvalue weighted by Gasteiger charge is -2.35. The van der Waals surface area contributed by atoms with E-state index in [-0.39, 0.29) is 11.7 Å². The molecule has 21 heavy (non-hydrogen) atoms. The molecule has 2 saturated heterocycles. The van der Waals surface area contributed by atoms with Crippen molar-refractivity contribution in [2.75, 3.05) is 31.6 Å². The molecule has 2 N–H and O–H groups in total. The summed E-state index contributed by atoms with van der Waals surface area (Å²) in [5.74, 6) is -0.538. The number of carbonyl (C=O) groups is 1. The number of fused-ring (bicyclic) bond motifs is 1. The summed E-state index contributed by atoms with van der Waals surface area (Å²) < 4.78 is 5.86. The van der Waals surface area contributed by atoms with Crippen molar-refractivity contribution in [1.29, 1.82) is 0 Å². The first-order chi connectivity index (χ1) is 10.1. The van der Waals surface area contributed by atoms with Gasteiger partial charge >= 0.3 is 5.97 Å². The lowest BCUT2D eigenvalue weighted by molar-refractivity contribution is -0.0416. The molecule has 0 aromatic carbocycles. The van der Waals surface area contributed by atoms with Crippen molar-refractivity contribution in [3.8, 4) is 0 Å². The predicted molar refractivity (Wildman–Crippen MR) is 78.8 cm³/mol. The fraction of sp³-hybridized carbons (Fsp3) is 0.600. The number of morpholine rings is 1. The number of hydrogen-bond donors (Lipinski definition) is 2. The average molecular weight is 291 g/mol. The Balaban J connectivity index is 1.62. The number of rotatable bonds is 4. The van der Waals surface area contributed by atoms with Crippen LogP contribution in [0.5, 0.6) is 0 Å². The van der Waals surface area contributed by atoms with Gasteiger partial charge in [-0.1, -0.05) is 0 Å². The standard InChI is InChI=1S/C15H21N3O3/c1-10-4-5-13(15(19)20)14(17-10)16-7-12-8-18-6-2-3-11(18)9-21-12/h4-5,11-12H,2-3,6-9H2,1H3,(H,16,17)(H,19,20). The number of aromatic carboxylic acids is 1. The minimum absolute atomic E-state index is 0.0864. The molecule has 0 radical (unpaired) electrons. The van der Waals surface area contributed by atoms with Crippen molar-refractivity contribution in [1.82, 2.24) is 9.88 Å². The minimum atomic E-state index is -0.964. The lowest BCUT2D eigenvalue weighted by Crippen LogP contribution is -2.48. The molecule has 0 amide bonds. The Hall–Kier alpha value is -1.66. The van der Waals surface area contributed by atoms with E-state index in [9.17, 15) is 9.90 Å². The molecule has 6 heteroatoms. The molecule has 1 aromatic rings. The maximum atomic E-state index is 11.2. The van der Waals surface area contributed by atoms with Crippen molar-refractivity contribution in [2.24, 2.45) is 0 Å². The Morgan fingerprint density at radius 2 is 2.43 bits per heavy atom. The highest BCUT2D eigenvalue weighted by Crippen LogP contribution is 2.23. The quantitative estimate of drug-likeness (QED) is 0.872. The summed E-state index contributed by atoms with van der Waals surface area (Å²) in [6, 6.07) is 3.87. The van der Waals surface area contributed by atoms with Gasteiger partial charge in [-0.3, -0.25) is 4.90 Å². The van der Waals surface area contributed by atoms with Crippen molar-refractivity contribution in [3.05, 3.63) is 23.4 Å². The molecule has 1 aromatic heterocycles. The number of hydrogen-bond acceptors (Lipinski definition) is 5. The zero-order valence-electron chi connectivity index (χ0n) is 12.2. The van der Waals surface area contributed by atoms with Gasteiger partial charge in [0.25, 0.3) is 0 Å². The lowest BCUT2D eigenvalue weighted by atomic mass is 10.2. The van der Waals surface area contributed by atoms with Crippen LogP contribution in [0.3, 0.4) is 0 Å². The third-order valence-electron chi connectivity index (χ3n) is 4.22. The topological polar surface area (TPSA) is 74.7 Å². The minimum Gasteiger partial charge on any atom is -0.478 e. The molecule has 0 saturated carbocycles. The van der Waals surface area contributed by atoms with Gasteiger partial charge < -0.3 is 15.2 Å². The van der Waals surface area contributed by atoms with Gasteiger partial charge in [0.15, 0.2) is 0 Å². The number of carboxylic acid groups (broad SMARTS) is 1. The van der Waals surface area contributed by atoms with Gasteiger partial charge in [0, 0.05) is 24.8 Å². The Morgan fingerprint density at radius 1 is 1.57 bits per heavy atom. The zero-order chi connectivity index (χ0) is 14.8. The van der Waals surface area contributed by atoms with Gasteiger partial charge in [0.05, 0.1) is 12.7 Å². The number of aryl methyl sites for hydroxylation is 1. The molecule has 0 bridgehead atoms. The van der Waals surface area contributed by atoms with E-state index in [0.29, 0.717) is 18.4 Å². The number of nitrogens with zero attached hydrogens (tertiary/aromatic N) is 2. The van der Waals surface area contributed by atoms with Gasteiger partial charge in [-0.25, -0.2) is 9.78 Å². The molecular weight excluding hydrogens is 270 g/mol. The second kappa shape index (κ2) is 5.99. The highest BCUT2D eigenvalue weighted by Gasteiger charge is 2.32. The number of pyridine rings is 1. The Morgan fingerprint density at radius 3 is 3.24 bits per heavy atom.